The third-order valence-corrected chi connectivity index (χ3v) is 11.5. The largest absolute Gasteiger partial charge is 0.339 e. The van der Waals surface area contributed by atoms with Crippen LogP contribution in [-0.4, -0.2) is 18.2 Å². The van der Waals surface area contributed by atoms with Crippen LogP contribution < -0.4 is 20.1 Å². The van der Waals surface area contributed by atoms with Crippen molar-refractivity contribution in [2.24, 2.45) is 0 Å². The van der Waals surface area contributed by atoms with E-state index in [0.717, 1.165) is 11.5 Å². The van der Waals surface area contributed by atoms with Gasteiger partial charge in [0.15, 0.2) is 0 Å². The van der Waals surface area contributed by atoms with Gasteiger partial charge in [0.2, 0.25) is 0 Å². The lowest BCUT2D eigenvalue weighted by atomic mass is 10.0. The molecular formula is C28H19N3Si. The van der Waals surface area contributed by atoms with Crippen molar-refractivity contribution in [2.75, 3.05) is 4.57 Å². The summed E-state index contributed by atoms with van der Waals surface area (Å²) in [5.41, 5.74) is 6.11. The van der Waals surface area contributed by atoms with Crippen molar-refractivity contribution in [1.82, 2.24) is 9.97 Å². The first-order chi connectivity index (χ1) is 15.9. The Kier molecular flexibility index (Phi) is 3.57. The highest BCUT2D eigenvalue weighted by Crippen LogP contribution is 2.47. The molecule has 5 aromatic rings. The van der Waals surface area contributed by atoms with E-state index in [0.29, 0.717) is 0 Å². The van der Waals surface area contributed by atoms with Crippen molar-refractivity contribution >= 4 is 35.3 Å². The van der Waals surface area contributed by atoms with E-state index in [4.69, 9.17) is 4.98 Å². The maximum atomic E-state index is 4.98. The van der Waals surface area contributed by atoms with E-state index in [-0.39, 0.29) is 0 Å². The summed E-state index contributed by atoms with van der Waals surface area (Å²) < 4.78 is 2.55. The molecule has 0 bridgehead atoms. The Morgan fingerprint density at radius 2 is 1.22 bits per heavy atom. The predicted octanol–water partition coefficient (Wildman–Crippen LogP) is 4.24. The van der Waals surface area contributed by atoms with Crippen LogP contribution in [0.2, 0.25) is 0 Å². The number of aromatic nitrogens is 2. The van der Waals surface area contributed by atoms with E-state index in [2.05, 4.69) is 101 Å². The van der Waals surface area contributed by atoms with Gasteiger partial charge in [0.1, 0.15) is 5.82 Å². The molecule has 0 radical (unpaired) electrons. The fraction of sp³-hybridized carbons (Fsp3) is 0. The maximum Gasteiger partial charge on any atom is 0.260 e. The molecule has 0 saturated carbocycles. The Hall–Kier alpha value is -4.02. The molecule has 150 valence electrons. The molecule has 0 aliphatic carbocycles. The number of nitrogens with zero attached hydrogens (tertiary/aromatic N) is 3. The van der Waals surface area contributed by atoms with Gasteiger partial charge < -0.3 is 4.57 Å². The molecule has 2 aliphatic rings. The average Bonchev–Trinajstić information content (AvgIpc) is 2.89. The van der Waals surface area contributed by atoms with E-state index in [1.807, 2.05) is 24.7 Å². The lowest BCUT2D eigenvalue weighted by Gasteiger charge is -2.51. The molecule has 7 rings (SSSR count). The first-order valence-electron chi connectivity index (χ1n) is 10.9. The average molecular weight is 426 g/mol. The van der Waals surface area contributed by atoms with Crippen LogP contribution in [0.4, 0.5) is 11.5 Å². The summed E-state index contributed by atoms with van der Waals surface area (Å²) in [7, 11) is -2.69. The Labute approximate surface area is 187 Å². The van der Waals surface area contributed by atoms with Crippen molar-refractivity contribution in [2.45, 2.75) is 0 Å². The van der Waals surface area contributed by atoms with E-state index in [1.165, 1.54) is 37.8 Å². The van der Waals surface area contributed by atoms with Gasteiger partial charge in [-0.2, -0.15) is 0 Å². The summed E-state index contributed by atoms with van der Waals surface area (Å²) in [6.45, 7) is 0. The zero-order valence-electron chi connectivity index (χ0n) is 17.3. The molecule has 0 fully saturated rings. The van der Waals surface area contributed by atoms with Gasteiger partial charge in [-0.3, -0.25) is 4.98 Å². The van der Waals surface area contributed by atoms with Crippen LogP contribution in [0.3, 0.4) is 0 Å². The zero-order chi connectivity index (χ0) is 21.1. The Balaban J connectivity index is 1.75. The Morgan fingerprint density at radius 3 is 2.00 bits per heavy atom. The minimum atomic E-state index is -2.69. The third-order valence-electron chi connectivity index (χ3n) is 6.78. The number of fused-ring (bicyclic) bond motifs is 11. The molecule has 3 nitrogen and oxygen atoms in total. The monoisotopic (exact) mass is 425 g/mol. The molecule has 0 amide bonds. The maximum absolute atomic E-state index is 4.98. The number of benzene rings is 3. The van der Waals surface area contributed by atoms with Gasteiger partial charge in [-0.05, 0) is 44.9 Å². The topological polar surface area (TPSA) is 29.0 Å². The molecule has 0 spiro atoms. The van der Waals surface area contributed by atoms with Gasteiger partial charge in [0.05, 0.1) is 11.9 Å². The van der Waals surface area contributed by atoms with Gasteiger partial charge in [0, 0.05) is 23.5 Å². The number of anilines is 2. The van der Waals surface area contributed by atoms with E-state index < -0.39 is 8.24 Å². The van der Waals surface area contributed by atoms with Crippen molar-refractivity contribution in [3.8, 4) is 22.3 Å². The first kappa shape index (κ1) is 17.6. The Morgan fingerprint density at radius 1 is 0.562 bits per heavy atom. The van der Waals surface area contributed by atoms with Crippen LogP contribution in [0.25, 0.3) is 22.3 Å². The molecule has 0 saturated heterocycles. The molecule has 3 aromatic carbocycles. The molecule has 1 unspecified atom stereocenters. The SMILES string of the molecule is c1ccc([Si]23c4ccccc4-c4ccncc4N2c2ncccc2-c2ccccc23)cc1. The minimum Gasteiger partial charge on any atom is -0.339 e. The second kappa shape index (κ2) is 6.49. The summed E-state index contributed by atoms with van der Waals surface area (Å²) in [6, 6.07) is 35.2. The fourth-order valence-electron chi connectivity index (χ4n) is 5.60. The predicted molar refractivity (Wildman–Crippen MR) is 133 cm³/mol. The highest BCUT2D eigenvalue weighted by molar-refractivity contribution is 7.16. The van der Waals surface area contributed by atoms with Gasteiger partial charge in [-0.15, -0.1) is 0 Å². The van der Waals surface area contributed by atoms with Crippen molar-refractivity contribution < 1.29 is 0 Å². The minimum absolute atomic E-state index is 1.02. The van der Waals surface area contributed by atoms with Crippen molar-refractivity contribution in [3.05, 3.63) is 116 Å². The summed E-state index contributed by atoms with van der Waals surface area (Å²) in [4.78, 5) is 9.55. The summed E-state index contributed by atoms with van der Waals surface area (Å²) >= 11 is 0. The summed E-state index contributed by atoms with van der Waals surface area (Å²) in [5, 5.41) is 4.15. The molecule has 2 aromatic heterocycles. The van der Waals surface area contributed by atoms with Gasteiger partial charge in [-0.1, -0.05) is 78.9 Å². The number of pyridine rings is 2. The number of hydrogen-bond donors (Lipinski definition) is 0. The highest BCUT2D eigenvalue weighted by atomic mass is 28.3. The van der Waals surface area contributed by atoms with Crippen molar-refractivity contribution in [1.29, 1.82) is 0 Å². The van der Waals surface area contributed by atoms with Crippen LogP contribution in [-0.2, 0) is 0 Å². The molecule has 32 heavy (non-hydrogen) atoms. The van der Waals surface area contributed by atoms with Crippen LogP contribution in [0.5, 0.6) is 0 Å². The molecule has 0 N–H and O–H groups in total. The highest BCUT2D eigenvalue weighted by Gasteiger charge is 2.55. The second-order valence-electron chi connectivity index (χ2n) is 8.27. The normalized spacial score (nSPS) is 17.4. The van der Waals surface area contributed by atoms with E-state index in [1.54, 1.807) is 0 Å². The smallest absolute Gasteiger partial charge is 0.260 e. The Bertz CT molecular complexity index is 1400. The molecule has 4 heterocycles. The number of rotatable bonds is 1. The van der Waals surface area contributed by atoms with Crippen molar-refractivity contribution in [3.63, 3.8) is 0 Å². The van der Waals surface area contributed by atoms with Gasteiger partial charge in [-0.25, -0.2) is 4.98 Å². The fourth-order valence-corrected chi connectivity index (χ4v) is 10.9. The number of hydrogen-bond acceptors (Lipinski definition) is 3. The quantitative estimate of drug-likeness (QED) is 0.376. The molecule has 4 heteroatoms. The summed E-state index contributed by atoms with van der Waals surface area (Å²) in [6.07, 6.45) is 5.82. The second-order valence-corrected chi connectivity index (χ2v) is 11.8. The third kappa shape index (κ3) is 2.09. The molecule has 2 aliphatic heterocycles. The van der Waals surface area contributed by atoms with Gasteiger partial charge in [0.25, 0.3) is 8.24 Å². The lowest BCUT2D eigenvalue weighted by Crippen LogP contribution is -2.79. The van der Waals surface area contributed by atoms with Gasteiger partial charge >= 0.3 is 0 Å². The van der Waals surface area contributed by atoms with E-state index in [9.17, 15) is 0 Å². The first-order valence-corrected chi connectivity index (χ1v) is 12.8. The van der Waals surface area contributed by atoms with Crippen LogP contribution >= 0.6 is 0 Å². The standard InChI is InChI=1S/C28H19N3Si/c1-2-9-20(10-3-1)32-26-14-6-4-11-22(26)21-16-18-29-19-25(21)31(32)28-24(13-8-17-30-28)23-12-5-7-15-27(23)32/h1-19H. The van der Waals surface area contributed by atoms with Crippen LogP contribution in [0.15, 0.2) is 116 Å². The lowest BCUT2D eigenvalue weighted by molar-refractivity contribution is 1.19. The van der Waals surface area contributed by atoms with Crippen LogP contribution in [0.1, 0.15) is 0 Å². The van der Waals surface area contributed by atoms with E-state index >= 15 is 0 Å². The summed E-state index contributed by atoms with van der Waals surface area (Å²) in [5.74, 6) is 1.02. The molecule has 1 atom stereocenters. The molecular weight excluding hydrogens is 406 g/mol. The van der Waals surface area contributed by atoms with Crippen LogP contribution in [0, 0.1) is 0 Å². The zero-order valence-corrected chi connectivity index (χ0v) is 18.3.